The van der Waals surface area contributed by atoms with Gasteiger partial charge in [0.1, 0.15) is 16.9 Å². The number of nitrogens with one attached hydrogen (secondary N) is 1. The first-order chi connectivity index (χ1) is 11.0. The Labute approximate surface area is 139 Å². The van der Waals surface area contributed by atoms with E-state index in [0.29, 0.717) is 17.7 Å². The van der Waals surface area contributed by atoms with E-state index in [2.05, 4.69) is 15.5 Å². The SMILES string of the molecule is COc1cccc(CO[C@H](C)C(=O)Nc2nnc(C(C)C)s2)c1. The number of nitrogens with zero attached hydrogens (tertiary/aromatic N) is 2. The van der Waals surface area contributed by atoms with Crippen molar-refractivity contribution >= 4 is 22.4 Å². The summed E-state index contributed by atoms with van der Waals surface area (Å²) in [5, 5.41) is 12.1. The quantitative estimate of drug-likeness (QED) is 0.841. The average molecular weight is 335 g/mol. The molecular weight excluding hydrogens is 314 g/mol. The maximum absolute atomic E-state index is 12.1. The van der Waals surface area contributed by atoms with Crippen LogP contribution < -0.4 is 10.1 Å². The average Bonchev–Trinajstić information content (AvgIpc) is 3.01. The lowest BCUT2D eigenvalue weighted by Crippen LogP contribution is -2.27. The molecule has 0 aliphatic rings. The third kappa shape index (κ3) is 5.01. The number of rotatable bonds is 7. The number of aromatic nitrogens is 2. The molecule has 0 aliphatic carbocycles. The molecule has 1 aromatic carbocycles. The monoisotopic (exact) mass is 335 g/mol. The summed E-state index contributed by atoms with van der Waals surface area (Å²) in [6.45, 7) is 6.11. The van der Waals surface area contributed by atoms with Crippen LogP contribution in [0.25, 0.3) is 0 Å². The number of carbonyl (C=O) groups excluding carboxylic acids is 1. The van der Waals surface area contributed by atoms with E-state index in [1.54, 1.807) is 14.0 Å². The Kier molecular flexibility index (Phi) is 6.06. The molecule has 1 heterocycles. The fraction of sp³-hybridized carbons (Fsp3) is 0.438. The van der Waals surface area contributed by atoms with Crippen molar-refractivity contribution in [3.63, 3.8) is 0 Å². The molecule has 124 valence electrons. The molecule has 6 nitrogen and oxygen atoms in total. The molecule has 1 atom stereocenters. The largest absolute Gasteiger partial charge is 0.497 e. The number of methoxy groups -OCH3 is 1. The second kappa shape index (κ2) is 8.03. The third-order valence-corrected chi connectivity index (χ3v) is 4.31. The molecule has 0 saturated carbocycles. The molecule has 0 fully saturated rings. The van der Waals surface area contributed by atoms with Gasteiger partial charge < -0.3 is 9.47 Å². The fourth-order valence-electron chi connectivity index (χ4n) is 1.78. The van der Waals surface area contributed by atoms with Gasteiger partial charge in [0, 0.05) is 5.92 Å². The van der Waals surface area contributed by atoms with Gasteiger partial charge in [0.25, 0.3) is 5.91 Å². The lowest BCUT2D eigenvalue weighted by Gasteiger charge is -2.12. The van der Waals surface area contributed by atoms with Gasteiger partial charge in [-0.15, -0.1) is 10.2 Å². The standard InChI is InChI=1S/C16H21N3O3S/c1-10(2)15-18-19-16(23-15)17-14(20)11(3)22-9-12-6-5-7-13(8-12)21-4/h5-8,10-11H,9H2,1-4H3,(H,17,19,20)/t11-/m1/s1. The van der Waals surface area contributed by atoms with Crippen molar-refractivity contribution in [1.82, 2.24) is 10.2 Å². The molecular formula is C16H21N3O3S. The minimum absolute atomic E-state index is 0.237. The fourth-order valence-corrected chi connectivity index (χ4v) is 2.53. The van der Waals surface area contributed by atoms with Crippen LogP contribution in [0.4, 0.5) is 5.13 Å². The van der Waals surface area contributed by atoms with E-state index in [9.17, 15) is 4.79 Å². The van der Waals surface area contributed by atoms with Crippen LogP contribution >= 0.6 is 11.3 Å². The highest BCUT2D eigenvalue weighted by Gasteiger charge is 2.16. The smallest absolute Gasteiger partial charge is 0.255 e. The van der Waals surface area contributed by atoms with Gasteiger partial charge in [0.15, 0.2) is 0 Å². The van der Waals surface area contributed by atoms with E-state index in [1.807, 2.05) is 38.1 Å². The van der Waals surface area contributed by atoms with Gasteiger partial charge in [-0.2, -0.15) is 0 Å². The molecule has 0 unspecified atom stereocenters. The van der Waals surface area contributed by atoms with E-state index in [4.69, 9.17) is 9.47 Å². The highest BCUT2D eigenvalue weighted by atomic mass is 32.1. The van der Waals surface area contributed by atoms with E-state index < -0.39 is 6.10 Å². The van der Waals surface area contributed by atoms with Crippen LogP contribution in [0, 0.1) is 0 Å². The van der Waals surface area contributed by atoms with Gasteiger partial charge >= 0.3 is 0 Å². The predicted octanol–water partition coefficient (Wildman–Crippen LogP) is 3.21. The van der Waals surface area contributed by atoms with Crippen LogP contribution in [0.1, 0.15) is 37.3 Å². The first-order valence-corrected chi connectivity index (χ1v) is 8.20. The summed E-state index contributed by atoms with van der Waals surface area (Å²) in [4.78, 5) is 12.1. The van der Waals surface area contributed by atoms with Crippen molar-refractivity contribution in [2.24, 2.45) is 0 Å². The summed E-state index contributed by atoms with van der Waals surface area (Å²) in [5.74, 6) is 0.817. The topological polar surface area (TPSA) is 73.3 Å². The molecule has 1 amide bonds. The maximum Gasteiger partial charge on any atom is 0.255 e. The van der Waals surface area contributed by atoms with E-state index in [-0.39, 0.29) is 5.91 Å². The molecule has 1 aromatic heterocycles. The summed E-state index contributed by atoms with van der Waals surface area (Å²) < 4.78 is 10.8. The zero-order valence-electron chi connectivity index (χ0n) is 13.7. The van der Waals surface area contributed by atoms with Crippen molar-refractivity contribution in [2.45, 2.75) is 39.4 Å². The lowest BCUT2D eigenvalue weighted by molar-refractivity contribution is -0.127. The van der Waals surface area contributed by atoms with E-state index in [1.165, 1.54) is 11.3 Å². The van der Waals surface area contributed by atoms with E-state index >= 15 is 0 Å². The zero-order chi connectivity index (χ0) is 16.8. The Morgan fingerprint density at radius 2 is 2.09 bits per heavy atom. The number of anilines is 1. The Morgan fingerprint density at radius 1 is 1.30 bits per heavy atom. The molecule has 0 aliphatic heterocycles. The minimum atomic E-state index is -0.590. The van der Waals surface area contributed by atoms with Gasteiger partial charge in [-0.3, -0.25) is 10.1 Å². The number of amides is 1. The van der Waals surface area contributed by atoms with Gasteiger partial charge in [0.2, 0.25) is 5.13 Å². The summed E-state index contributed by atoms with van der Waals surface area (Å²) >= 11 is 1.38. The van der Waals surface area contributed by atoms with Crippen LogP contribution in [0.5, 0.6) is 5.75 Å². The molecule has 0 radical (unpaired) electrons. The van der Waals surface area contributed by atoms with Crippen LogP contribution in [0.3, 0.4) is 0 Å². The molecule has 0 spiro atoms. The van der Waals surface area contributed by atoms with Gasteiger partial charge in [0.05, 0.1) is 13.7 Å². The predicted molar refractivity (Wildman–Crippen MR) is 89.9 cm³/mol. The Bertz CT molecular complexity index is 658. The third-order valence-electron chi connectivity index (χ3n) is 3.17. The zero-order valence-corrected chi connectivity index (χ0v) is 14.5. The number of hydrogen-bond donors (Lipinski definition) is 1. The maximum atomic E-state index is 12.1. The lowest BCUT2D eigenvalue weighted by atomic mass is 10.2. The second-order valence-corrected chi connectivity index (χ2v) is 6.40. The number of ether oxygens (including phenoxy) is 2. The van der Waals surface area contributed by atoms with Crippen LogP contribution in [0.15, 0.2) is 24.3 Å². The van der Waals surface area contributed by atoms with Crippen molar-refractivity contribution in [2.75, 3.05) is 12.4 Å². The highest BCUT2D eigenvalue weighted by molar-refractivity contribution is 7.15. The molecule has 0 saturated heterocycles. The van der Waals surface area contributed by atoms with Crippen molar-refractivity contribution < 1.29 is 14.3 Å². The molecule has 0 bridgehead atoms. The van der Waals surface area contributed by atoms with Gasteiger partial charge in [-0.05, 0) is 24.6 Å². The Morgan fingerprint density at radius 3 is 2.74 bits per heavy atom. The van der Waals surface area contributed by atoms with Crippen LogP contribution in [-0.2, 0) is 16.1 Å². The minimum Gasteiger partial charge on any atom is -0.497 e. The summed E-state index contributed by atoms with van der Waals surface area (Å²) in [7, 11) is 1.61. The molecule has 23 heavy (non-hydrogen) atoms. The Balaban J connectivity index is 1.86. The van der Waals surface area contributed by atoms with Gasteiger partial charge in [-0.1, -0.05) is 37.3 Å². The van der Waals surface area contributed by atoms with Crippen molar-refractivity contribution in [3.05, 3.63) is 34.8 Å². The number of hydrogen-bond acceptors (Lipinski definition) is 6. The molecule has 2 aromatic rings. The van der Waals surface area contributed by atoms with Gasteiger partial charge in [-0.25, -0.2) is 0 Å². The highest BCUT2D eigenvalue weighted by Crippen LogP contribution is 2.22. The number of carbonyl (C=O) groups is 1. The molecule has 7 heteroatoms. The molecule has 1 N–H and O–H groups in total. The van der Waals surface area contributed by atoms with E-state index in [0.717, 1.165) is 16.3 Å². The first-order valence-electron chi connectivity index (χ1n) is 7.38. The van der Waals surface area contributed by atoms with Crippen molar-refractivity contribution in [3.8, 4) is 5.75 Å². The summed E-state index contributed by atoms with van der Waals surface area (Å²) in [6, 6.07) is 7.55. The molecule has 2 rings (SSSR count). The van der Waals surface area contributed by atoms with Crippen LogP contribution in [0.2, 0.25) is 0 Å². The summed E-state index contributed by atoms with van der Waals surface area (Å²) in [5.41, 5.74) is 0.946. The Hall–Kier alpha value is -1.99. The van der Waals surface area contributed by atoms with Crippen molar-refractivity contribution in [1.29, 1.82) is 0 Å². The second-order valence-electron chi connectivity index (χ2n) is 5.39. The number of benzene rings is 1. The first kappa shape index (κ1) is 17.4. The summed E-state index contributed by atoms with van der Waals surface area (Å²) in [6.07, 6.45) is -0.590. The van der Waals surface area contributed by atoms with Crippen LogP contribution in [-0.4, -0.2) is 29.3 Å². The normalized spacial score (nSPS) is 12.2.